The Morgan fingerprint density at radius 1 is 1.47 bits per heavy atom. The van der Waals surface area contributed by atoms with Crippen molar-refractivity contribution in [1.29, 1.82) is 5.41 Å². The maximum absolute atomic E-state index is 14.0. The Labute approximate surface area is 102 Å². The van der Waals surface area contributed by atoms with Crippen molar-refractivity contribution in [2.45, 2.75) is 33.2 Å². The van der Waals surface area contributed by atoms with Gasteiger partial charge in [-0.1, -0.05) is 6.92 Å². The van der Waals surface area contributed by atoms with Gasteiger partial charge in [-0.2, -0.15) is 0 Å². The normalized spacial score (nSPS) is 12.2. The zero-order valence-electron chi connectivity index (χ0n) is 10.6. The first kappa shape index (κ1) is 13.5. The fraction of sp³-hybridized carbons (Fsp3) is 0.462. The highest BCUT2D eigenvalue weighted by molar-refractivity contribution is 5.95. The topological polar surface area (TPSA) is 53.1 Å². The Bertz CT molecular complexity index is 404. The van der Waals surface area contributed by atoms with Gasteiger partial charge >= 0.3 is 0 Å². The van der Waals surface area contributed by atoms with Crippen LogP contribution in [0.2, 0.25) is 0 Å². The van der Waals surface area contributed by atoms with Crippen LogP contribution in [-0.4, -0.2) is 18.4 Å². The number of nitrogens with one attached hydrogen (secondary N) is 1. The molecule has 0 aliphatic heterocycles. The lowest BCUT2D eigenvalue weighted by molar-refractivity contribution is 0.583. The van der Waals surface area contributed by atoms with Crippen molar-refractivity contribution < 1.29 is 4.39 Å². The second kappa shape index (κ2) is 5.66. The monoisotopic (exact) mass is 237 g/mol. The minimum atomic E-state index is -0.320. The Balaban J connectivity index is 3.09. The second-order valence-corrected chi connectivity index (χ2v) is 4.12. The molecule has 1 aromatic carbocycles. The van der Waals surface area contributed by atoms with E-state index in [1.807, 2.05) is 11.8 Å². The highest BCUT2D eigenvalue weighted by Gasteiger charge is 2.15. The summed E-state index contributed by atoms with van der Waals surface area (Å²) in [4.78, 5) is 2.01. The fourth-order valence-corrected chi connectivity index (χ4v) is 1.85. The molecule has 1 aromatic rings. The van der Waals surface area contributed by atoms with E-state index in [4.69, 9.17) is 11.1 Å². The number of benzene rings is 1. The Morgan fingerprint density at radius 2 is 2.12 bits per heavy atom. The summed E-state index contributed by atoms with van der Waals surface area (Å²) in [6.07, 6.45) is 0.960. The molecule has 0 bridgehead atoms. The number of amidine groups is 1. The van der Waals surface area contributed by atoms with Crippen LogP contribution in [0.3, 0.4) is 0 Å². The highest BCUT2D eigenvalue weighted by Crippen LogP contribution is 2.23. The third-order valence-electron chi connectivity index (χ3n) is 3.03. The molecule has 1 rings (SSSR count). The van der Waals surface area contributed by atoms with Crippen molar-refractivity contribution in [3.8, 4) is 0 Å². The van der Waals surface area contributed by atoms with E-state index in [-0.39, 0.29) is 17.7 Å². The van der Waals surface area contributed by atoms with E-state index in [9.17, 15) is 4.39 Å². The van der Waals surface area contributed by atoms with E-state index in [1.165, 1.54) is 6.07 Å². The number of nitrogens with zero attached hydrogens (tertiary/aromatic N) is 1. The molecule has 3 nitrogen and oxygen atoms in total. The number of rotatable bonds is 5. The second-order valence-electron chi connectivity index (χ2n) is 4.12. The summed E-state index contributed by atoms with van der Waals surface area (Å²) in [6, 6.07) is 4.99. The smallest absolute Gasteiger partial charge is 0.147 e. The average Bonchev–Trinajstić information content (AvgIpc) is 2.31. The zero-order chi connectivity index (χ0) is 13.0. The molecule has 1 atom stereocenters. The van der Waals surface area contributed by atoms with Crippen LogP contribution >= 0.6 is 0 Å². The van der Waals surface area contributed by atoms with E-state index in [0.29, 0.717) is 11.3 Å². The number of hydrogen-bond donors (Lipinski definition) is 2. The molecule has 0 saturated heterocycles. The van der Waals surface area contributed by atoms with Crippen LogP contribution in [0.1, 0.15) is 32.8 Å². The Kier molecular flexibility index (Phi) is 4.49. The van der Waals surface area contributed by atoms with Crippen LogP contribution in [0.25, 0.3) is 0 Å². The molecule has 0 radical (unpaired) electrons. The van der Waals surface area contributed by atoms with Crippen LogP contribution in [-0.2, 0) is 0 Å². The molecule has 0 aromatic heterocycles. The Morgan fingerprint density at radius 3 is 2.53 bits per heavy atom. The highest BCUT2D eigenvalue weighted by atomic mass is 19.1. The maximum Gasteiger partial charge on any atom is 0.147 e. The summed E-state index contributed by atoms with van der Waals surface area (Å²) >= 11 is 0. The minimum Gasteiger partial charge on any atom is -0.384 e. The van der Waals surface area contributed by atoms with E-state index in [0.717, 1.165) is 13.0 Å². The van der Waals surface area contributed by atoms with Gasteiger partial charge in [0.2, 0.25) is 0 Å². The molecule has 4 heteroatoms. The van der Waals surface area contributed by atoms with Gasteiger partial charge in [-0.3, -0.25) is 5.41 Å². The average molecular weight is 237 g/mol. The molecule has 0 amide bonds. The molecule has 0 aliphatic rings. The van der Waals surface area contributed by atoms with Gasteiger partial charge in [-0.15, -0.1) is 0 Å². The van der Waals surface area contributed by atoms with Crippen LogP contribution in [0.15, 0.2) is 18.2 Å². The molecule has 0 spiro atoms. The third-order valence-corrected chi connectivity index (χ3v) is 3.03. The number of nitrogen functional groups attached to an aromatic ring is 1. The van der Waals surface area contributed by atoms with Crippen molar-refractivity contribution in [2.24, 2.45) is 5.73 Å². The summed E-state index contributed by atoms with van der Waals surface area (Å²) in [5.41, 5.74) is 6.33. The maximum atomic E-state index is 14.0. The molecule has 0 aliphatic carbocycles. The van der Waals surface area contributed by atoms with Crippen LogP contribution in [0.4, 0.5) is 10.1 Å². The first-order valence-corrected chi connectivity index (χ1v) is 5.91. The van der Waals surface area contributed by atoms with Gasteiger partial charge in [0.15, 0.2) is 0 Å². The van der Waals surface area contributed by atoms with Crippen molar-refractivity contribution >= 4 is 11.5 Å². The fourth-order valence-electron chi connectivity index (χ4n) is 1.85. The van der Waals surface area contributed by atoms with Crippen molar-refractivity contribution in [3.63, 3.8) is 0 Å². The van der Waals surface area contributed by atoms with Gasteiger partial charge in [-0.25, -0.2) is 4.39 Å². The quantitative estimate of drug-likeness (QED) is 0.611. The summed E-state index contributed by atoms with van der Waals surface area (Å²) in [5.74, 6) is -0.429. The van der Waals surface area contributed by atoms with Crippen LogP contribution in [0.5, 0.6) is 0 Å². The summed E-state index contributed by atoms with van der Waals surface area (Å²) < 4.78 is 14.0. The molecule has 94 valence electrons. The summed E-state index contributed by atoms with van der Waals surface area (Å²) in [7, 11) is 0. The van der Waals surface area contributed by atoms with E-state index in [1.54, 1.807) is 12.1 Å². The number of nitrogens with two attached hydrogens (primary N) is 1. The van der Waals surface area contributed by atoms with E-state index >= 15 is 0 Å². The van der Waals surface area contributed by atoms with Gasteiger partial charge in [0, 0.05) is 18.2 Å². The lowest BCUT2D eigenvalue weighted by Crippen LogP contribution is -2.33. The Hall–Kier alpha value is -1.58. The minimum absolute atomic E-state index is 0.109. The van der Waals surface area contributed by atoms with Gasteiger partial charge in [0.1, 0.15) is 11.7 Å². The molecule has 0 heterocycles. The predicted octanol–water partition coefficient (Wildman–Crippen LogP) is 2.73. The molecular weight excluding hydrogens is 217 g/mol. The van der Waals surface area contributed by atoms with E-state index in [2.05, 4.69) is 13.8 Å². The number of halogens is 1. The molecule has 3 N–H and O–H groups in total. The van der Waals surface area contributed by atoms with Crippen LogP contribution in [0, 0.1) is 11.2 Å². The van der Waals surface area contributed by atoms with Crippen molar-refractivity contribution in [3.05, 3.63) is 29.6 Å². The van der Waals surface area contributed by atoms with Crippen molar-refractivity contribution in [2.75, 3.05) is 11.4 Å². The first-order valence-electron chi connectivity index (χ1n) is 5.91. The molecule has 0 saturated carbocycles. The van der Waals surface area contributed by atoms with Gasteiger partial charge in [0.25, 0.3) is 0 Å². The number of anilines is 1. The molecule has 1 unspecified atom stereocenters. The van der Waals surface area contributed by atoms with Crippen LogP contribution < -0.4 is 10.6 Å². The molecule has 17 heavy (non-hydrogen) atoms. The zero-order valence-corrected chi connectivity index (χ0v) is 10.6. The molecular formula is C13H20FN3. The van der Waals surface area contributed by atoms with Gasteiger partial charge in [0.05, 0.1) is 5.69 Å². The summed E-state index contributed by atoms with van der Waals surface area (Å²) in [6.45, 7) is 6.91. The number of hydrogen-bond acceptors (Lipinski definition) is 2. The standard InChI is InChI=1S/C13H20FN3/c1-4-9(3)17(5-2)12-7-6-10(13(15)16)8-11(12)14/h6-9H,4-5H2,1-3H3,(H3,15,16). The predicted molar refractivity (Wildman–Crippen MR) is 70.2 cm³/mol. The van der Waals surface area contributed by atoms with Crippen molar-refractivity contribution in [1.82, 2.24) is 0 Å². The third kappa shape index (κ3) is 2.96. The van der Waals surface area contributed by atoms with Gasteiger partial charge in [-0.05, 0) is 38.5 Å². The summed E-state index contributed by atoms with van der Waals surface area (Å²) in [5, 5.41) is 7.27. The molecule has 0 fully saturated rings. The lowest BCUT2D eigenvalue weighted by atomic mass is 10.1. The largest absolute Gasteiger partial charge is 0.384 e. The first-order chi connectivity index (χ1) is 8.01. The lowest BCUT2D eigenvalue weighted by Gasteiger charge is -2.30. The van der Waals surface area contributed by atoms with E-state index < -0.39 is 0 Å². The SMILES string of the molecule is CCC(C)N(CC)c1ccc(C(=N)N)cc1F. The van der Waals surface area contributed by atoms with Gasteiger partial charge < -0.3 is 10.6 Å².